The zero-order valence-corrected chi connectivity index (χ0v) is 9.69. The number of rotatable bonds is 3. The Morgan fingerprint density at radius 2 is 2.06 bits per heavy atom. The topological polar surface area (TPSA) is 46.2 Å². The molecule has 0 unspecified atom stereocenters. The molecule has 0 saturated heterocycles. The molecule has 86 valence electrons. The molecular formula is C11H11ClFNO2. The third-order valence-electron chi connectivity index (χ3n) is 2.01. The van der Waals surface area contributed by atoms with Gasteiger partial charge in [-0.2, -0.15) is 0 Å². The fourth-order valence-electron chi connectivity index (χ4n) is 1.24. The molecule has 3 nitrogen and oxygen atoms in total. The monoisotopic (exact) mass is 243 g/mol. The van der Waals surface area contributed by atoms with Crippen LogP contribution in [0.1, 0.15) is 30.6 Å². The van der Waals surface area contributed by atoms with Gasteiger partial charge in [0.25, 0.3) is 0 Å². The maximum atomic E-state index is 13.6. The molecule has 1 rings (SSSR count). The molecule has 0 saturated carbocycles. The van der Waals surface area contributed by atoms with Crippen LogP contribution in [0, 0.1) is 5.82 Å². The summed E-state index contributed by atoms with van der Waals surface area (Å²) in [6.45, 7) is 2.93. The summed E-state index contributed by atoms with van der Waals surface area (Å²) in [4.78, 5) is 22.1. The van der Waals surface area contributed by atoms with Crippen LogP contribution in [0.5, 0.6) is 0 Å². The third-order valence-corrected chi connectivity index (χ3v) is 2.38. The minimum absolute atomic E-state index is 0.0230. The van der Waals surface area contributed by atoms with Crippen molar-refractivity contribution >= 4 is 29.0 Å². The van der Waals surface area contributed by atoms with Crippen molar-refractivity contribution in [2.45, 2.75) is 20.3 Å². The second kappa shape index (κ2) is 5.07. The molecular weight excluding hydrogens is 233 g/mol. The second-order valence-corrected chi connectivity index (χ2v) is 3.62. The van der Waals surface area contributed by atoms with E-state index in [0.29, 0.717) is 0 Å². The molecule has 5 heteroatoms. The van der Waals surface area contributed by atoms with Crippen LogP contribution in [0.15, 0.2) is 12.1 Å². The quantitative estimate of drug-likeness (QED) is 0.830. The zero-order valence-electron chi connectivity index (χ0n) is 8.93. The van der Waals surface area contributed by atoms with Gasteiger partial charge in [-0.3, -0.25) is 9.59 Å². The van der Waals surface area contributed by atoms with Gasteiger partial charge < -0.3 is 5.32 Å². The largest absolute Gasteiger partial charge is 0.324 e. The molecule has 0 aliphatic carbocycles. The summed E-state index contributed by atoms with van der Waals surface area (Å²) in [5, 5.41) is 2.04. The first-order valence-electron chi connectivity index (χ1n) is 4.76. The van der Waals surface area contributed by atoms with Gasteiger partial charge in [-0.05, 0) is 12.1 Å². The van der Waals surface area contributed by atoms with E-state index in [-0.39, 0.29) is 28.5 Å². The normalized spacial score (nSPS) is 10.0. The first-order chi connectivity index (χ1) is 7.47. The Kier molecular flexibility index (Phi) is 4.01. The lowest BCUT2D eigenvalue weighted by atomic mass is 10.1. The van der Waals surface area contributed by atoms with E-state index in [9.17, 15) is 14.0 Å². The molecule has 0 aromatic heterocycles. The molecule has 0 spiro atoms. The van der Waals surface area contributed by atoms with E-state index in [4.69, 9.17) is 11.6 Å². The average Bonchev–Trinajstić information content (AvgIpc) is 2.23. The Bertz CT molecular complexity index is 446. The van der Waals surface area contributed by atoms with Crippen molar-refractivity contribution in [2.75, 3.05) is 5.32 Å². The minimum Gasteiger partial charge on any atom is -0.324 e. The van der Waals surface area contributed by atoms with Crippen LogP contribution < -0.4 is 5.32 Å². The Morgan fingerprint density at radius 1 is 1.44 bits per heavy atom. The van der Waals surface area contributed by atoms with Gasteiger partial charge in [0.1, 0.15) is 0 Å². The van der Waals surface area contributed by atoms with Crippen molar-refractivity contribution in [3.05, 3.63) is 28.5 Å². The highest BCUT2D eigenvalue weighted by Crippen LogP contribution is 2.27. The van der Waals surface area contributed by atoms with Crippen LogP contribution in [0.3, 0.4) is 0 Å². The van der Waals surface area contributed by atoms with Gasteiger partial charge in [-0.1, -0.05) is 18.5 Å². The highest BCUT2D eigenvalue weighted by atomic mass is 35.5. The van der Waals surface area contributed by atoms with Crippen molar-refractivity contribution in [2.24, 2.45) is 0 Å². The maximum Gasteiger partial charge on any atom is 0.221 e. The predicted molar refractivity (Wildman–Crippen MR) is 60.3 cm³/mol. The molecule has 0 fully saturated rings. The summed E-state index contributed by atoms with van der Waals surface area (Å²) >= 11 is 5.71. The molecule has 0 radical (unpaired) electrons. The molecule has 0 aliphatic heterocycles. The number of nitrogens with one attached hydrogen (secondary N) is 1. The van der Waals surface area contributed by atoms with Crippen LogP contribution in [0.25, 0.3) is 0 Å². The van der Waals surface area contributed by atoms with Gasteiger partial charge >= 0.3 is 0 Å². The predicted octanol–water partition coefficient (Wildman–Crippen LogP) is 3.03. The summed E-state index contributed by atoms with van der Waals surface area (Å²) in [5.74, 6) is -1.42. The number of hydrogen-bond donors (Lipinski definition) is 1. The van der Waals surface area contributed by atoms with Crippen molar-refractivity contribution in [1.82, 2.24) is 0 Å². The second-order valence-electron chi connectivity index (χ2n) is 3.25. The molecule has 0 bridgehead atoms. The van der Waals surface area contributed by atoms with Gasteiger partial charge in [-0.25, -0.2) is 4.39 Å². The molecule has 16 heavy (non-hydrogen) atoms. The number of benzene rings is 1. The van der Waals surface area contributed by atoms with Crippen molar-refractivity contribution in [1.29, 1.82) is 0 Å². The molecule has 0 aliphatic rings. The summed E-state index contributed by atoms with van der Waals surface area (Å²) in [6, 6.07) is 2.73. The lowest BCUT2D eigenvalue weighted by Gasteiger charge is -2.08. The fourth-order valence-corrected chi connectivity index (χ4v) is 1.51. The number of ketones is 1. The molecule has 0 atom stereocenters. The number of anilines is 1. The number of hydrogen-bond acceptors (Lipinski definition) is 2. The Hall–Kier alpha value is -1.42. The molecule has 1 aromatic rings. The first-order valence-corrected chi connectivity index (χ1v) is 5.14. The molecule has 1 amide bonds. The molecule has 1 aromatic carbocycles. The number of Topliss-reactive ketones (excluding diaryl/α,β-unsaturated/α-hetero) is 1. The highest BCUT2D eigenvalue weighted by Gasteiger charge is 2.16. The summed E-state index contributed by atoms with van der Waals surface area (Å²) < 4.78 is 13.6. The van der Waals surface area contributed by atoms with Crippen LogP contribution in [0.4, 0.5) is 10.1 Å². The van der Waals surface area contributed by atoms with E-state index < -0.39 is 11.7 Å². The van der Waals surface area contributed by atoms with Gasteiger partial charge in [0.05, 0.1) is 10.7 Å². The van der Waals surface area contributed by atoms with E-state index in [0.717, 1.165) is 0 Å². The van der Waals surface area contributed by atoms with Crippen LogP contribution in [-0.2, 0) is 4.79 Å². The SMILES string of the molecule is CCC(=O)c1ccc(NC(C)=O)c(F)c1Cl. The van der Waals surface area contributed by atoms with Gasteiger partial charge in [0.15, 0.2) is 11.6 Å². The van der Waals surface area contributed by atoms with Crippen LogP contribution in [0.2, 0.25) is 5.02 Å². The standard InChI is InChI=1S/C11H11ClFNO2/c1-3-9(16)7-4-5-8(14-6(2)15)11(13)10(7)12/h4-5H,3H2,1-2H3,(H,14,15). The maximum absolute atomic E-state index is 13.6. The Balaban J connectivity index is 3.17. The fraction of sp³-hybridized carbons (Fsp3) is 0.273. The average molecular weight is 244 g/mol. The summed E-state index contributed by atoms with van der Waals surface area (Å²) in [6.07, 6.45) is 0.249. The van der Waals surface area contributed by atoms with Crippen LogP contribution in [-0.4, -0.2) is 11.7 Å². The van der Waals surface area contributed by atoms with Gasteiger partial charge in [-0.15, -0.1) is 0 Å². The summed E-state index contributed by atoms with van der Waals surface area (Å²) in [7, 11) is 0. The Morgan fingerprint density at radius 3 is 2.56 bits per heavy atom. The van der Waals surface area contributed by atoms with Crippen molar-refractivity contribution in [3.8, 4) is 0 Å². The van der Waals surface area contributed by atoms with E-state index in [2.05, 4.69) is 5.32 Å². The minimum atomic E-state index is -0.781. The number of amides is 1. The zero-order chi connectivity index (χ0) is 12.3. The van der Waals surface area contributed by atoms with Gasteiger partial charge in [0.2, 0.25) is 5.91 Å². The third kappa shape index (κ3) is 2.58. The Labute approximate surface area is 97.6 Å². The number of carbonyl (C=O) groups excluding carboxylic acids is 2. The highest BCUT2D eigenvalue weighted by molar-refractivity contribution is 6.34. The van der Waals surface area contributed by atoms with E-state index in [1.807, 2.05) is 0 Å². The smallest absolute Gasteiger partial charge is 0.221 e. The molecule has 0 heterocycles. The molecule has 1 N–H and O–H groups in total. The van der Waals surface area contributed by atoms with E-state index in [1.165, 1.54) is 19.1 Å². The van der Waals surface area contributed by atoms with E-state index in [1.54, 1.807) is 6.92 Å². The first kappa shape index (κ1) is 12.6. The summed E-state index contributed by atoms with van der Waals surface area (Å²) in [5.41, 5.74) is 0.112. The number of halogens is 2. The van der Waals surface area contributed by atoms with E-state index >= 15 is 0 Å². The lowest BCUT2D eigenvalue weighted by molar-refractivity contribution is -0.114. The van der Waals surface area contributed by atoms with Crippen LogP contribution >= 0.6 is 11.6 Å². The van der Waals surface area contributed by atoms with Gasteiger partial charge in [0, 0.05) is 18.9 Å². The lowest BCUT2D eigenvalue weighted by Crippen LogP contribution is -2.09. The van der Waals surface area contributed by atoms with Crippen molar-refractivity contribution < 1.29 is 14.0 Å². The van der Waals surface area contributed by atoms with Crippen molar-refractivity contribution in [3.63, 3.8) is 0 Å². The number of carbonyl (C=O) groups is 2.